The van der Waals surface area contributed by atoms with Crippen LogP contribution >= 0.6 is 15.9 Å². The molecule has 0 spiro atoms. The van der Waals surface area contributed by atoms with Crippen LogP contribution in [0.5, 0.6) is 0 Å². The molecule has 0 saturated heterocycles. The zero-order valence-electron chi connectivity index (χ0n) is 7.13. The van der Waals surface area contributed by atoms with E-state index in [0.29, 0.717) is 0 Å². The van der Waals surface area contributed by atoms with Crippen LogP contribution in [0.3, 0.4) is 0 Å². The van der Waals surface area contributed by atoms with Gasteiger partial charge in [0.1, 0.15) is 0 Å². The van der Waals surface area contributed by atoms with Crippen LogP contribution in [-0.4, -0.2) is 4.57 Å². The summed E-state index contributed by atoms with van der Waals surface area (Å²) in [5.74, 6) is 0. The van der Waals surface area contributed by atoms with Gasteiger partial charge in [-0.25, -0.2) is 0 Å². The summed E-state index contributed by atoms with van der Waals surface area (Å²) in [5.41, 5.74) is 2.60. The van der Waals surface area contributed by atoms with Crippen molar-refractivity contribution in [3.05, 3.63) is 34.4 Å². The second-order valence-corrected chi connectivity index (χ2v) is 4.00. The van der Waals surface area contributed by atoms with E-state index in [9.17, 15) is 0 Å². The molecule has 0 bridgehead atoms. The fourth-order valence-corrected chi connectivity index (χ4v) is 2.07. The molecule has 62 valence electrons. The number of nitrogens with zero attached hydrogens (tertiary/aromatic N) is 1. The van der Waals surface area contributed by atoms with Crippen molar-refractivity contribution in [2.24, 2.45) is 7.05 Å². The Morgan fingerprint density at radius 3 is 2.83 bits per heavy atom. The van der Waals surface area contributed by atoms with Crippen molar-refractivity contribution >= 4 is 26.8 Å². The summed E-state index contributed by atoms with van der Waals surface area (Å²) in [5, 5.41) is 1.33. The van der Waals surface area contributed by atoms with Crippen LogP contribution in [-0.2, 0) is 7.05 Å². The number of halogens is 1. The lowest BCUT2D eigenvalue weighted by Gasteiger charge is -2.00. The predicted octanol–water partition coefficient (Wildman–Crippen LogP) is 3.25. The molecular formula is C10H10BrN. The highest BCUT2D eigenvalue weighted by molar-refractivity contribution is 9.10. The lowest BCUT2D eigenvalue weighted by Crippen LogP contribution is -1.84. The average Bonchev–Trinajstić information content (AvgIpc) is 2.33. The van der Waals surface area contributed by atoms with Crippen molar-refractivity contribution in [2.45, 2.75) is 6.92 Å². The van der Waals surface area contributed by atoms with Gasteiger partial charge in [-0.1, -0.05) is 15.9 Å². The number of aromatic nitrogens is 1. The van der Waals surface area contributed by atoms with Crippen molar-refractivity contribution in [3.8, 4) is 0 Å². The molecule has 2 aromatic rings. The van der Waals surface area contributed by atoms with Crippen molar-refractivity contribution in [3.63, 3.8) is 0 Å². The van der Waals surface area contributed by atoms with Crippen molar-refractivity contribution in [1.29, 1.82) is 0 Å². The second-order valence-electron chi connectivity index (χ2n) is 3.08. The summed E-state index contributed by atoms with van der Waals surface area (Å²) >= 11 is 3.49. The van der Waals surface area contributed by atoms with E-state index in [-0.39, 0.29) is 0 Å². The van der Waals surface area contributed by atoms with E-state index in [1.165, 1.54) is 16.5 Å². The molecule has 0 saturated carbocycles. The van der Waals surface area contributed by atoms with Crippen LogP contribution in [0.25, 0.3) is 10.9 Å². The monoisotopic (exact) mass is 223 g/mol. The third-order valence-corrected chi connectivity index (χ3v) is 2.63. The third kappa shape index (κ3) is 1.07. The molecule has 0 aliphatic carbocycles. The van der Waals surface area contributed by atoms with E-state index >= 15 is 0 Å². The minimum absolute atomic E-state index is 1.15. The van der Waals surface area contributed by atoms with Crippen molar-refractivity contribution in [1.82, 2.24) is 4.57 Å². The predicted molar refractivity (Wildman–Crippen MR) is 55.4 cm³/mol. The van der Waals surface area contributed by atoms with Gasteiger partial charge in [0.2, 0.25) is 0 Å². The first kappa shape index (κ1) is 7.87. The minimum atomic E-state index is 1.15. The zero-order chi connectivity index (χ0) is 8.72. The Hall–Kier alpha value is -0.760. The van der Waals surface area contributed by atoms with E-state index in [4.69, 9.17) is 0 Å². The lowest BCUT2D eigenvalue weighted by molar-refractivity contribution is 0.968. The Labute approximate surface area is 80.1 Å². The van der Waals surface area contributed by atoms with Gasteiger partial charge in [0.05, 0.1) is 0 Å². The van der Waals surface area contributed by atoms with Crippen LogP contribution in [0.15, 0.2) is 28.9 Å². The molecule has 0 fully saturated rings. The summed E-state index contributed by atoms with van der Waals surface area (Å²) in [7, 11) is 2.06. The van der Waals surface area contributed by atoms with E-state index < -0.39 is 0 Å². The van der Waals surface area contributed by atoms with Gasteiger partial charge in [0.25, 0.3) is 0 Å². The van der Waals surface area contributed by atoms with Gasteiger partial charge < -0.3 is 4.57 Å². The van der Waals surface area contributed by atoms with Gasteiger partial charge in [0.15, 0.2) is 0 Å². The van der Waals surface area contributed by atoms with Gasteiger partial charge >= 0.3 is 0 Å². The molecule has 2 heteroatoms. The molecule has 2 rings (SSSR count). The van der Waals surface area contributed by atoms with Crippen LogP contribution < -0.4 is 0 Å². The normalized spacial score (nSPS) is 10.9. The lowest BCUT2D eigenvalue weighted by atomic mass is 10.1. The van der Waals surface area contributed by atoms with Crippen molar-refractivity contribution in [2.75, 3.05) is 0 Å². The quantitative estimate of drug-likeness (QED) is 0.647. The number of aryl methyl sites for hydroxylation is 2. The molecule has 0 radical (unpaired) electrons. The van der Waals surface area contributed by atoms with Crippen LogP contribution in [0.1, 0.15) is 5.56 Å². The smallest absolute Gasteiger partial charge is 0.0491 e. The maximum absolute atomic E-state index is 3.49. The first-order valence-electron chi connectivity index (χ1n) is 3.89. The first-order chi connectivity index (χ1) is 5.68. The largest absolute Gasteiger partial charge is 0.351 e. The van der Waals surface area contributed by atoms with Gasteiger partial charge in [0, 0.05) is 28.6 Å². The molecule has 12 heavy (non-hydrogen) atoms. The summed E-state index contributed by atoms with van der Waals surface area (Å²) in [4.78, 5) is 0. The number of hydrogen-bond acceptors (Lipinski definition) is 0. The Morgan fingerprint density at radius 1 is 1.33 bits per heavy atom. The Bertz CT molecular complexity index is 429. The fraction of sp³-hybridized carbons (Fsp3) is 0.200. The zero-order valence-corrected chi connectivity index (χ0v) is 8.72. The SMILES string of the molecule is Cc1cc(Br)cc2c1ccn2C. The summed E-state index contributed by atoms with van der Waals surface area (Å²) in [6, 6.07) is 6.43. The molecular weight excluding hydrogens is 214 g/mol. The highest BCUT2D eigenvalue weighted by Gasteiger charge is 2.01. The standard InChI is InChI=1S/C10H10BrN/c1-7-5-8(11)6-10-9(7)3-4-12(10)2/h3-6H,1-2H3. The molecule has 1 heterocycles. The second kappa shape index (κ2) is 2.63. The molecule has 0 amide bonds. The molecule has 0 unspecified atom stereocenters. The van der Waals surface area contributed by atoms with E-state index in [2.05, 4.69) is 58.9 Å². The number of hydrogen-bond donors (Lipinski definition) is 0. The topological polar surface area (TPSA) is 4.93 Å². The number of benzene rings is 1. The summed E-state index contributed by atoms with van der Waals surface area (Å²) in [6.45, 7) is 2.13. The summed E-state index contributed by atoms with van der Waals surface area (Å²) < 4.78 is 3.28. The summed E-state index contributed by atoms with van der Waals surface area (Å²) in [6.07, 6.45) is 2.09. The van der Waals surface area contributed by atoms with Crippen LogP contribution in [0.2, 0.25) is 0 Å². The first-order valence-corrected chi connectivity index (χ1v) is 4.69. The molecule has 0 atom stereocenters. The molecule has 0 aliphatic heterocycles. The van der Waals surface area contributed by atoms with Gasteiger partial charge in [-0.05, 0) is 30.7 Å². The molecule has 0 N–H and O–H groups in total. The maximum atomic E-state index is 3.49. The van der Waals surface area contributed by atoms with Gasteiger partial charge in [-0.3, -0.25) is 0 Å². The number of fused-ring (bicyclic) bond motifs is 1. The Balaban J connectivity index is 2.92. The highest BCUT2D eigenvalue weighted by Crippen LogP contribution is 2.23. The Morgan fingerprint density at radius 2 is 2.08 bits per heavy atom. The highest BCUT2D eigenvalue weighted by atomic mass is 79.9. The Kier molecular flexibility index (Phi) is 1.72. The minimum Gasteiger partial charge on any atom is -0.351 e. The third-order valence-electron chi connectivity index (χ3n) is 2.17. The molecule has 1 aromatic carbocycles. The van der Waals surface area contributed by atoms with E-state index in [1.54, 1.807) is 0 Å². The van der Waals surface area contributed by atoms with Crippen LogP contribution in [0.4, 0.5) is 0 Å². The van der Waals surface area contributed by atoms with E-state index in [1.807, 2.05) is 0 Å². The fourth-order valence-electron chi connectivity index (χ4n) is 1.51. The average molecular weight is 224 g/mol. The maximum Gasteiger partial charge on any atom is 0.0491 e. The van der Waals surface area contributed by atoms with Crippen molar-refractivity contribution < 1.29 is 0 Å². The van der Waals surface area contributed by atoms with Crippen LogP contribution in [0, 0.1) is 6.92 Å². The molecule has 1 nitrogen and oxygen atoms in total. The molecule has 0 aliphatic rings. The van der Waals surface area contributed by atoms with Gasteiger partial charge in [-0.15, -0.1) is 0 Å². The number of rotatable bonds is 0. The van der Waals surface area contributed by atoms with E-state index in [0.717, 1.165) is 4.47 Å². The van der Waals surface area contributed by atoms with Gasteiger partial charge in [-0.2, -0.15) is 0 Å². The molecule has 1 aromatic heterocycles.